The monoisotopic (exact) mass is 728 g/mol. The Kier molecular flexibility index (Phi) is 12.8. The van der Waals surface area contributed by atoms with E-state index in [2.05, 4.69) is 32.3 Å². The van der Waals surface area contributed by atoms with Crippen LogP contribution in [-0.2, 0) is 20.0 Å². The molecule has 0 fully saturated rings. The third-order valence-electron chi connectivity index (χ3n) is 7.34. The fourth-order valence-electron chi connectivity index (χ4n) is 5.43. The van der Waals surface area contributed by atoms with Gasteiger partial charge in [-0.15, -0.1) is 0 Å². The molecule has 260 valence electrons. The Morgan fingerprint density at radius 3 is 1.79 bits per heavy atom. The number of nitrogens with zero attached hydrogens (tertiary/aromatic N) is 5. The van der Waals surface area contributed by atoms with Crippen LogP contribution in [0.2, 0.25) is 0 Å². The SMILES string of the molecule is [C-]#[N+]/C(C#N)=C(/C(C#N)=C/C=C1C=C(/C=C/C(C#N)=C(/C(=C=N)C#N)c2ccc(NS(C)(=O)=O)cc2)CC(C)(C)C/1)c1ccc(NS(C)(=O)=O)cc1. The van der Waals surface area contributed by atoms with Gasteiger partial charge in [-0.1, -0.05) is 56.3 Å². The molecule has 0 heterocycles. The predicted octanol–water partition coefficient (Wildman–Crippen LogP) is 6.94. The summed E-state index contributed by atoms with van der Waals surface area (Å²) in [5.74, 6) is 2.08. The van der Waals surface area contributed by atoms with Crippen molar-refractivity contribution in [3.05, 3.63) is 135 Å². The number of nitrogens with one attached hydrogen (secondary N) is 3. The van der Waals surface area contributed by atoms with E-state index in [0.717, 1.165) is 23.7 Å². The molecule has 0 aromatic heterocycles. The molecule has 2 aromatic rings. The van der Waals surface area contributed by atoms with Crippen LogP contribution >= 0.6 is 0 Å². The highest BCUT2D eigenvalue weighted by Gasteiger charge is 2.25. The van der Waals surface area contributed by atoms with Crippen molar-refractivity contribution in [3.8, 4) is 24.3 Å². The zero-order valence-electron chi connectivity index (χ0n) is 28.6. The normalized spacial score (nSPS) is 15.9. The van der Waals surface area contributed by atoms with E-state index in [1.165, 1.54) is 60.7 Å². The van der Waals surface area contributed by atoms with E-state index < -0.39 is 20.0 Å². The van der Waals surface area contributed by atoms with Crippen molar-refractivity contribution in [1.82, 2.24) is 0 Å². The molecule has 0 unspecified atom stereocenters. The number of nitriles is 4. The molecule has 3 N–H and O–H groups in total. The number of allylic oxidation sites excluding steroid dienone is 13. The van der Waals surface area contributed by atoms with Crippen molar-refractivity contribution in [1.29, 1.82) is 26.5 Å². The number of anilines is 2. The molecule has 0 aliphatic heterocycles. The Morgan fingerprint density at radius 1 is 0.827 bits per heavy atom. The lowest BCUT2D eigenvalue weighted by Crippen LogP contribution is -2.16. The van der Waals surface area contributed by atoms with E-state index >= 15 is 0 Å². The second-order valence-electron chi connectivity index (χ2n) is 12.4. The Morgan fingerprint density at radius 2 is 1.37 bits per heavy atom. The Labute approximate surface area is 304 Å². The van der Waals surface area contributed by atoms with Crippen LogP contribution in [0.1, 0.15) is 37.8 Å². The van der Waals surface area contributed by atoms with Crippen molar-refractivity contribution in [2.24, 2.45) is 5.41 Å². The molecule has 0 spiro atoms. The van der Waals surface area contributed by atoms with E-state index in [1.54, 1.807) is 12.2 Å². The van der Waals surface area contributed by atoms with Crippen LogP contribution in [0.4, 0.5) is 11.4 Å². The van der Waals surface area contributed by atoms with Crippen LogP contribution in [-0.4, -0.2) is 35.2 Å². The van der Waals surface area contributed by atoms with E-state index in [9.17, 15) is 37.9 Å². The summed E-state index contributed by atoms with van der Waals surface area (Å²) in [6, 6.07) is 19.9. The van der Waals surface area contributed by atoms with Gasteiger partial charge in [0.15, 0.2) is 0 Å². The first-order chi connectivity index (χ1) is 24.5. The van der Waals surface area contributed by atoms with Crippen LogP contribution in [0.15, 0.2) is 112 Å². The summed E-state index contributed by atoms with van der Waals surface area (Å²) in [5.41, 5.74) is 2.50. The van der Waals surface area contributed by atoms with Gasteiger partial charge in [0.25, 0.3) is 5.70 Å². The summed E-state index contributed by atoms with van der Waals surface area (Å²) >= 11 is 0. The van der Waals surface area contributed by atoms with Gasteiger partial charge in [-0.3, -0.25) is 14.9 Å². The van der Waals surface area contributed by atoms with Crippen LogP contribution in [0.5, 0.6) is 0 Å². The zero-order chi connectivity index (χ0) is 38.7. The first-order valence-corrected chi connectivity index (χ1v) is 19.0. The minimum atomic E-state index is -3.54. The maximum atomic E-state index is 11.6. The van der Waals surface area contributed by atoms with Crippen molar-refractivity contribution in [2.45, 2.75) is 26.7 Å². The number of hydrogen-bond acceptors (Lipinski definition) is 9. The second kappa shape index (κ2) is 16.8. The van der Waals surface area contributed by atoms with Gasteiger partial charge in [0.2, 0.25) is 20.0 Å². The maximum absolute atomic E-state index is 11.6. The smallest absolute Gasteiger partial charge is 0.270 e. The summed E-state index contributed by atoms with van der Waals surface area (Å²) in [5, 5.41) is 47.4. The van der Waals surface area contributed by atoms with Gasteiger partial charge in [-0.05, 0) is 82.8 Å². The fourth-order valence-corrected chi connectivity index (χ4v) is 6.56. The summed E-state index contributed by atoms with van der Waals surface area (Å²) in [7, 11) is -7.07. The van der Waals surface area contributed by atoms with E-state index in [0.29, 0.717) is 24.0 Å². The zero-order valence-corrected chi connectivity index (χ0v) is 30.2. The van der Waals surface area contributed by atoms with Crippen molar-refractivity contribution in [2.75, 3.05) is 22.0 Å². The van der Waals surface area contributed by atoms with Crippen LogP contribution in [0.25, 0.3) is 16.0 Å². The second-order valence-corrected chi connectivity index (χ2v) is 15.9. The largest absolute Gasteiger partial charge is 0.284 e. The molecule has 0 saturated heterocycles. The Hall–Kier alpha value is -6.72. The van der Waals surface area contributed by atoms with Crippen LogP contribution in [0.3, 0.4) is 0 Å². The molecule has 3 rings (SSSR count). The minimum absolute atomic E-state index is 0.0392. The molecular formula is C38H32N8O4S2. The fraction of sp³-hybridized carbons (Fsp3) is 0.184. The maximum Gasteiger partial charge on any atom is 0.270 e. The molecule has 0 saturated carbocycles. The lowest BCUT2D eigenvalue weighted by atomic mass is 9.75. The lowest BCUT2D eigenvalue weighted by molar-refractivity contribution is 0.355. The number of rotatable bonds is 11. The first-order valence-electron chi connectivity index (χ1n) is 15.2. The van der Waals surface area contributed by atoms with Gasteiger partial charge in [0, 0.05) is 22.5 Å². The third-order valence-corrected chi connectivity index (χ3v) is 8.55. The van der Waals surface area contributed by atoms with E-state index in [1.807, 2.05) is 32.1 Å². The first kappa shape index (κ1) is 39.7. The van der Waals surface area contributed by atoms with Gasteiger partial charge in [-0.25, -0.2) is 26.9 Å². The molecule has 0 atom stereocenters. The molecule has 0 amide bonds. The summed E-state index contributed by atoms with van der Waals surface area (Å²) in [6.07, 6.45) is 11.6. The topological polar surface area (TPSA) is 216 Å². The third kappa shape index (κ3) is 11.2. The highest BCUT2D eigenvalue weighted by Crippen LogP contribution is 2.39. The van der Waals surface area contributed by atoms with Gasteiger partial charge >= 0.3 is 0 Å². The Balaban J connectivity index is 2.11. The standard InChI is InChI=1S/C38H32N8O4S2/c1-38(2)19-26(6-8-30(21-39)36(32(23-41)24-42)28-10-14-33(15-11-28)45-51(4,47)48)18-27(20-38)7-9-31(22-40)37(35(25-43)44-3)29-12-16-34(17-13-29)46-52(5,49)50/h6-18,41,45-46H,19-20H2,1-2,4-5H3/b8-6+,27-7-,31-9+,36-30-,37-35+. The summed E-state index contributed by atoms with van der Waals surface area (Å²) < 4.78 is 51.2. The molecular weight excluding hydrogens is 697 g/mol. The van der Waals surface area contributed by atoms with Gasteiger partial charge < -0.3 is 0 Å². The van der Waals surface area contributed by atoms with Gasteiger partial charge in [0.05, 0.1) is 48.4 Å². The van der Waals surface area contributed by atoms with Crippen molar-refractivity contribution >= 4 is 48.4 Å². The quantitative estimate of drug-likeness (QED) is 0.0951. The highest BCUT2D eigenvalue weighted by atomic mass is 32.2. The molecule has 1 aliphatic rings. The number of hydrogen-bond donors (Lipinski definition) is 3. The summed E-state index contributed by atoms with van der Waals surface area (Å²) in [4.78, 5) is 3.32. The lowest BCUT2D eigenvalue weighted by Gasteiger charge is -2.30. The predicted molar refractivity (Wildman–Crippen MR) is 200 cm³/mol. The van der Waals surface area contributed by atoms with Crippen molar-refractivity contribution in [3.63, 3.8) is 0 Å². The Bertz CT molecular complexity index is 2440. The number of sulfonamides is 2. The molecule has 52 heavy (non-hydrogen) atoms. The molecule has 14 heteroatoms. The molecule has 0 bridgehead atoms. The number of benzene rings is 2. The average molecular weight is 729 g/mol. The molecule has 1 aliphatic carbocycles. The van der Waals surface area contributed by atoms with Crippen LogP contribution < -0.4 is 9.44 Å². The van der Waals surface area contributed by atoms with Crippen LogP contribution in [0, 0.1) is 62.7 Å². The highest BCUT2D eigenvalue weighted by molar-refractivity contribution is 7.92. The minimum Gasteiger partial charge on any atom is -0.284 e. The average Bonchev–Trinajstić information content (AvgIpc) is 3.07. The van der Waals surface area contributed by atoms with Crippen molar-refractivity contribution < 1.29 is 16.8 Å². The molecule has 2 aromatic carbocycles. The van der Waals surface area contributed by atoms with Gasteiger partial charge in [-0.2, -0.15) is 15.8 Å². The van der Waals surface area contributed by atoms with E-state index in [-0.39, 0.29) is 50.4 Å². The summed E-state index contributed by atoms with van der Waals surface area (Å²) in [6.45, 7) is 11.6. The van der Waals surface area contributed by atoms with Gasteiger partial charge in [0.1, 0.15) is 11.6 Å². The molecule has 12 nitrogen and oxygen atoms in total. The van der Waals surface area contributed by atoms with E-state index in [4.69, 9.17) is 12.0 Å². The molecule has 0 radical (unpaired) electrons.